The average molecular weight is 657 g/mol. The van der Waals surface area contributed by atoms with Crippen LogP contribution in [-0.4, -0.2) is 77.9 Å². The lowest BCUT2D eigenvalue weighted by molar-refractivity contribution is 0.187. The summed E-state index contributed by atoms with van der Waals surface area (Å²) in [7, 11) is 2.16. The second-order valence-electron chi connectivity index (χ2n) is 13.6. The minimum absolute atomic E-state index is 0.00690. The number of nitrogens with zero attached hydrogens (tertiary/aromatic N) is 8. The topological polar surface area (TPSA) is 113 Å². The number of nitriles is 1. The molecule has 3 aliphatic rings. The number of phenols is 1. The minimum atomic E-state index is -0.0691. The van der Waals surface area contributed by atoms with Gasteiger partial charge in [-0.15, -0.1) is 0 Å². The Bertz CT molecular complexity index is 1910. The Labute approximate surface area is 288 Å². The van der Waals surface area contributed by atoms with E-state index in [4.69, 9.17) is 14.7 Å². The van der Waals surface area contributed by atoms with Crippen molar-refractivity contribution in [1.82, 2.24) is 14.9 Å². The number of fused-ring (bicyclic) bond motifs is 2. The highest BCUT2D eigenvalue weighted by Gasteiger charge is 2.33. The molecule has 0 spiro atoms. The number of aliphatic imine (C=N–C) groups is 2. The molecule has 0 amide bonds. The maximum Gasteiger partial charge on any atom is 0.318 e. The molecule has 0 bridgehead atoms. The van der Waals surface area contributed by atoms with Gasteiger partial charge in [-0.1, -0.05) is 48.5 Å². The zero-order valence-corrected chi connectivity index (χ0v) is 28.4. The van der Waals surface area contributed by atoms with E-state index in [-0.39, 0.29) is 17.7 Å². The number of aromatic nitrogens is 2. The molecule has 3 atom stereocenters. The number of piperidine rings is 1. The normalized spacial score (nSPS) is 20.8. The van der Waals surface area contributed by atoms with Gasteiger partial charge < -0.3 is 24.5 Å². The van der Waals surface area contributed by atoms with Crippen molar-refractivity contribution in [2.24, 2.45) is 15.9 Å². The third kappa shape index (κ3) is 7.10. The Morgan fingerprint density at radius 1 is 1.00 bits per heavy atom. The summed E-state index contributed by atoms with van der Waals surface area (Å²) >= 11 is 0. The highest BCUT2D eigenvalue weighted by Crippen LogP contribution is 2.37. The number of aromatic hydroxyl groups is 1. The maximum absolute atomic E-state index is 10.1. The summed E-state index contributed by atoms with van der Waals surface area (Å²) in [5.41, 5.74) is 5.40. The summed E-state index contributed by atoms with van der Waals surface area (Å²) in [6.07, 6.45) is 4.25. The first-order valence-corrected chi connectivity index (χ1v) is 17.4. The lowest BCUT2D eigenvalue weighted by atomic mass is 9.89. The molecule has 2 fully saturated rings. The van der Waals surface area contributed by atoms with Gasteiger partial charge in [0, 0.05) is 60.2 Å². The van der Waals surface area contributed by atoms with Gasteiger partial charge in [0.2, 0.25) is 0 Å². The molecule has 0 radical (unpaired) electrons. The van der Waals surface area contributed by atoms with Crippen molar-refractivity contribution in [3.8, 4) is 17.8 Å². The fraction of sp³-hybridized carbons (Fsp3) is 0.436. The molecule has 7 rings (SSSR count). The van der Waals surface area contributed by atoms with Crippen LogP contribution in [0.25, 0.3) is 10.8 Å². The molecule has 0 saturated carbocycles. The van der Waals surface area contributed by atoms with Crippen LogP contribution in [0.1, 0.15) is 48.1 Å². The van der Waals surface area contributed by atoms with Gasteiger partial charge in [-0.2, -0.15) is 15.2 Å². The quantitative estimate of drug-likeness (QED) is 0.213. The van der Waals surface area contributed by atoms with Crippen molar-refractivity contribution < 1.29 is 9.84 Å². The maximum atomic E-state index is 10.1. The Hall–Kier alpha value is -4.97. The zero-order chi connectivity index (χ0) is 33.7. The number of aryl methyl sites for hydroxylation is 1. The van der Waals surface area contributed by atoms with Crippen molar-refractivity contribution in [1.29, 1.82) is 5.26 Å². The minimum Gasteiger partial charge on any atom is -0.508 e. The largest absolute Gasteiger partial charge is 0.508 e. The molecule has 2 saturated heterocycles. The van der Waals surface area contributed by atoms with E-state index in [1.54, 1.807) is 12.1 Å². The van der Waals surface area contributed by atoms with Crippen LogP contribution in [-0.2, 0) is 19.5 Å². The lowest BCUT2D eigenvalue weighted by Crippen LogP contribution is -2.44. The molecule has 3 aromatic carbocycles. The lowest BCUT2D eigenvalue weighted by Gasteiger charge is -2.39. The van der Waals surface area contributed by atoms with Gasteiger partial charge in [-0.25, -0.2) is 9.98 Å². The summed E-state index contributed by atoms with van der Waals surface area (Å²) in [5, 5.41) is 22.4. The number of phenolic OH excluding ortho intramolecular Hbond substituents is 1. The van der Waals surface area contributed by atoms with Gasteiger partial charge >= 0.3 is 6.01 Å². The first-order chi connectivity index (χ1) is 24.0. The van der Waals surface area contributed by atoms with Crippen LogP contribution in [0.5, 0.6) is 11.8 Å². The van der Waals surface area contributed by atoms with Crippen LogP contribution < -0.4 is 14.5 Å². The summed E-state index contributed by atoms with van der Waals surface area (Å²) in [4.78, 5) is 26.3. The summed E-state index contributed by atoms with van der Waals surface area (Å²) in [6.45, 7) is 7.07. The van der Waals surface area contributed by atoms with Gasteiger partial charge in [-0.3, -0.25) is 0 Å². The predicted molar refractivity (Wildman–Crippen MR) is 193 cm³/mol. The van der Waals surface area contributed by atoms with Gasteiger partial charge in [0.1, 0.15) is 18.2 Å². The highest BCUT2D eigenvalue weighted by molar-refractivity contribution is 5.97. The molecule has 3 aliphatic heterocycles. The van der Waals surface area contributed by atoms with E-state index < -0.39 is 0 Å². The van der Waals surface area contributed by atoms with Crippen molar-refractivity contribution in [2.75, 3.05) is 49.6 Å². The number of likely N-dealkylation sites (N-methyl/N-ethyl adjacent to an activating group) is 1. The molecule has 4 aromatic rings. The first-order valence-electron chi connectivity index (χ1n) is 17.4. The van der Waals surface area contributed by atoms with E-state index in [0.717, 1.165) is 56.0 Å². The molecule has 0 unspecified atom stereocenters. The average Bonchev–Trinajstić information content (AvgIpc) is 3.54. The Kier molecular flexibility index (Phi) is 9.74. The number of hydrogen-bond acceptors (Lipinski definition) is 10. The van der Waals surface area contributed by atoms with Crippen molar-refractivity contribution in [3.63, 3.8) is 0 Å². The van der Waals surface area contributed by atoms with Crippen LogP contribution in [0.15, 0.2) is 70.6 Å². The third-order valence-corrected chi connectivity index (χ3v) is 10.4. The molecular formula is C39H44N8O2. The van der Waals surface area contributed by atoms with E-state index in [2.05, 4.69) is 87.1 Å². The molecule has 10 nitrogen and oxygen atoms in total. The van der Waals surface area contributed by atoms with E-state index in [1.807, 2.05) is 12.1 Å². The molecule has 252 valence electrons. The molecule has 0 aliphatic carbocycles. The Morgan fingerprint density at radius 2 is 1.86 bits per heavy atom. The number of para-hydroxylation sites is 1. The number of anilines is 2. The highest BCUT2D eigenvalue weighted by atomic mass is 16.5. The first kappa shape index (κ1) is 32.6. The monoisotopic (exact) mass is 656 g/mol. The van der Waals surface area contributed by atoms with Gasteiger partial charge in [0.15, 0.2) is 0 Å². The molecule has 49 heavy (non-hydrogen) atoms. The number of ether oxygens (including phenoxy) is 1. The van der Waals surface area contributed by atoms with Gasteiger partial charge in [0.05, 0.1) is 36.9 Å². The van der Waals surface area contributed by atoms with Crippen LogP contribution >= 0.6 is 0 Å². The number of rotatable bonds is 9. The summed E-state index contributed by atoms with van der Waals surface area (Å²) in [5.74, 6) is 1.14. The molecule has 10 heteroatoms. The van der Waals surface area contributed by atoms with Crippen molar-refractivity contribution >= 4 is 28.3 Å². The molecule has 1 N–H and O–H groups in total. The number of likely N-dealkylation sites (tertiary alicyclic amines) is 1. The van der Waals surface area contributed by atoms with Crippen molar-refractivity contribution in [2.45, 2.75) is 64.2 Å². The van der Waals surface area contributed by atoms with Crippen LogP contribution in [0.3, 0.4) is 0 Å². The fourth-order valence-corrected chi connectivity index (χ4v) is 7.63. The van der Waals surface area contributed by atoms with Crippen LogP contribution in [0.4, 0.5) is 11.5 Å². The smallest absolute Gasteiger partial charge is 0.318 e. The number of hydrogen-bond donors (Lipinski definition) is 1. The molecule has 4 heterocycles. The van der Waals surface area contributed by atoms with E-state index in [1.165, 1.54) is 34.0 Å². The summed E-state index contributed by atoms with van der Waals surface area (Å²) < 4.78 is 6.37. The Morgan fingerprint density at radius 3 is 2.67 bits per heavy atom. The standard InChI is InChI=1S/C39H44N8O2/c1-27-8-5-10-28-11-6-13-35(37(27)28)46-20-16-32-34(24-46)43-39(49-25-31-12-7-19-45(31)2)44-38(32)47-21-17-33(30(23-47)15-18-40)42-26-41-22-29-9-3-4-14-36(29)48/h3-6,8-11,13-14,30-31,33,48H,7,12,15-17,19-25H2,1-2H3/t30-,31-,33+/m0/s1. The van der Waals surface area contributed by atoms with Crippen LogP contribution in [0, 0.1) is 24.2 Å². The van der Waals surface area contributed by atoms with E-state index in [9.17, 15) is 10.4 Å². The molecule has 1 aromatic heterocycles. The van der Waals surface area contributed by atoms with Crippen molar-refractivity contribution in [3.05, 3.63) is 83.0 Å². The second kappa shape index (κ2) is 14.7. The fourth-order valence-electron chi connectivity index (χ4n) is 7.63. The molecular weight excluding hydrogens is 612 g/mol. The van der Waals surface area contributed by atoms with E-state index in [0.29, 0.717) is 44.7 Å². The number of benzene rings is 3. The zero-order valence-electron chi connectivity index (χ0n) is 28.4. The van der Waals surface area contributed by atoms with E-state index >= 15 is 0 Å². The summed E-state index contributed by atoms with van der Waals surface area (Å²) in [6, 6.07) is 26.2. The van der Waals surface area contributed by atoms with Gasteiger partial charge in [0.25, 0.3) is 0 Å². The predicted octanol–water partition coefficient (Wildman–Crippen LogP) is 6.16. The SMILES string of the molecule is Cc1cccc2cccc(N3CCc4c(nc(OC[C@@H]5CCCN5C)nc4N4CC[C@@H](N=C=NCc5ccccc5O)[C@@H](CC#N)C4)C3)c12. The third-order valence-electron chi connectivity index (χ3n) is 10.4. The van der Waals surface area contributed by atoms with Crippen LogP contribution in [0.2, 0.25) is 0 Å². The Balaban J connectivity index is 1.15. The second-order valence-corrected chi connectivity index (χ2v) is 13.6. The van der Waals surface area contributed by atoms with Gasteiger partial charge in [-0.05, 0) is 69.3 Å².